The maximum atomic E-state index is 13.4. The van der Waals surface area contributed by atoms with Crippen molar-refractivity contribution in [3.8, 4) is 11.8 Å². The lowest BCUT2D eigenvalue weighted by molar-refractivity contribution is 0.0745. The number of nitriles is 1. The molecule has 1 amide bonds. The number of carbonyl (C=O) groups excluding carboxylic acids is 1. The van der Waals surface area contributed by atoms with E-state index in [0.29, 0.717) is 43.5 Å². The van der Waals surface area contributed by atoms with Crippen LogP contribution in [0, 0.1) is 17.1 Å². The van der Waals surface area contributed by atoms with Crippen molar-refractivity contribution in [2.24, 2.45) is 0 Å². The van der Waals surface area contributed by atoms with E-state index in [1.807, 2.05) is 35.2 Å². The smallest absolute Gasteiger partial charge is 0.254 e. The highest BCUT2D eigenvalue weighted by molar-refractivity contribution is 5.94. The number of hydrogen-bond acceptors (Lipinski definition) is 6. The SMILES string of the molecule is COc1cccc(/C=C/c2nc(C#N)c(N3CCN(C(=O)c4cccc(F)c4)CC3)o2)c1. The lowest BCUT2D eigenvalue weighted by Gasteiger charge is -2.34. The lowest BCUT2D eigenvalue weighted by atomic mass is 10.1. The van der Waals surface area contributed by atoms with E-state index in [-0.39, 0.29) is 11.6 Å². The Hall–Kier alpha value is -4.12. The Morgan fingerprint density at radius 1 is 1.16 bits per heavy atom. The molecule has 0 atom stereocenters. The maximum absolute atomic E-state index is 13.4. The normalized spacial score (nSPS) is 13.9. The summed E-state index contributed by atoms with van der Waals surface area (Å²) in [6.07, 6.45) is 3.53. The fourth-order valence-corrected chi connectivity index (χ4v) is 3.52. The summed E-state index contributed by atoms with van der Waals surface area (Å²) in [5.41, 5.74) is 1.42. The molecule has 1 aliphatic heterocycles. The van der Waals surface area contributed by atoms with E-state index in [2.05, 4.69) is 11.1 Å². The topological polar surface area (TPSA) is 82.6 Å². The monoisotopic (exact) mass is 432 g/mol. The summed E-state index contributed by atoms with van der Waals surface area (Å²) in [6.45, 7) is 1.81. The molecular formula is C24H21FN4O3. The molecule has 0 N–H and O–H groups in total. The first-order chi connectivity index (χ1) is 15.6. The zero-order chi connectivity index (χ0) is 22.5. The van der Waals surface area contributed by atoms with Crippen LogP contribution in [-0.2, 0) is 0 Å². The predicted molar refractivity (Wildman–Crippen MR) is 118 cm³/mol. The Morgan fingerprint density at radius 2 is 1.94 bits per heavy atom. The van der Waals surface area contributed by atoms with E-state index < -0.39 is 5.82 Å². The summed E-state index contributed by atoms with van der Waals surface area (Å²) in [6, 6.07) is 15.3. The summed E-state index contributed by atoms with van der Waals surface area (Å²) < 4.78 is 24.5. The van der Waals surface area contributed by atoms with Crippen molar-refractivity contribution in [2.45, 2.75) is 0 Å². The van der Waals surface area contributed by atoms with E-state index in [9.17, 15) is 14.4 Å². The third-order valence-corrected chi connectivity index (χ3v) is 5.17. The van der Waals surface area contributed by atoms with Gasteiger partial charge in [-0.15, -0.1) is 0 Å². The van der Waals surface area contributed by atoms with Gasteiger partial charge in [-0.2, -0.15) is 10.2 Å². The second-order valence-corrected chi connectivity index (χ2v) is 7.22. The van der Waals surface area contributed by atoms with Crippen molar-refractivity contribution in [3.63, 3.8) is 0 Å². The molecule has 2 aromatic carbocycles. The number of nitrogens with zero attached hydrogens (tertiary/aromatic N) is 4. The highest BCUT2D eigenvalue weighted by atomic mass is 19.1. The molecule has 1 aliphatic rings. The van der Waals surface area contributed by atoms with Crippen LogP contribution in [0.25, 0.3) is 12.2 Å². The fraction of sp³-hybridized carbons (Fsp3) is 0.208. The largest absolute Gasteiger partial charge is 0.497 e. The number of carbonyl (C=O) groups is 1. The van der Waals surface area contributed by atoms with Gasteiger partial charge in [0.25, 0.3) is 5.91 Å². The average molecular weight is 432 g/mol. The number of ether oxygens (including phenoxy) is 1. The lowest BCUT2D eigenvalue weighted by Crippen LogP contribution is -2.48. The van der Waals surface area contributed by atoms with Crippen LogP contribution in [0.2, 0.25) is 0 Å². The van der Waals surface area contributed by atoms with Gasteiger partial charge in [-0.05, 0) is 42.0 Å². The van der Waals surface area contributed by atoms with Crippen molar-refractivity contribution < 1.29 is 18.3 Å². The number of benzene rings is 2. The van der Waals surface area contributed by atoms with Crippen LogP contribution >= 0.6 is 0 Å². The van der Waals surface area contributed by atoms with E-state index in [1.165, 1.54) is 18.2 Å². The number of piperazine rings is 1. The van der Waals surface area contributed by atoms with E-state index in [1.54, 1.807) is 24.2 Å². The molecule has 0 radical (unpaired) electrons. The second kappa shape index (κ2) is 9.35. The van der Waals surface area contributed by atoms with Gasteiger partial charge in [0.05, 0.1) is 7.11 Å². The molecular weight excluding hydrogens is 411 g/mol. The van der Waals surface area contributed by atoms with Crippen LogP contribution < -0.4 is 9.64 Å². The van der Waals surface area contributed by atoms with E-state index in [4.69, 9.17) is 9.15 Å². The van der Waals surface area contributed by atoms with Gasteiger partial charge in [0.2, 0.25) is 17.5 Å². The van der Waals surface area contributed by atoms with Gasteiger partial charge in [0, 0.05) is 37.8 Å². The Kier molecular flexibility index (Phi) is 6.17. The van der Waals surface area contributed by atoms with E-state index in [0.717, 1.165) is 11.3 Å². The third kappa shape index (κ3) is 4.62. The standard InChI is InChI=1S/C24H21FN4O3/c1-31-20-7-2-4-17(14-20)8-9-22-27-21(16-26)24(32-22)29-12-10-28(11-13-29)23(30)18-5-3-6-19(25)15-18/h2-9,14-15H,10-13H2,1H3/b9-8+. The van der Waals surface area contributed by atoms with Gasteiger partial charge in [-0.25, -0.2) is 4.39 Å². The number of amides is 1. The molecule has 1 aromatic heterocycles. The minimum atomic E-state index is -0.440. The van der Waals surface area contributed by atoms with Gasteiger partial charge in [-0.1, -0.05) is 18.2 Å². The van der Waals surface area contributed by atoms with Crippen LogP contribution in [-0.4, -0.2) is 49.1 Å². The summed E-state index contributed by atoms with van der Waals surface area (Å²) in [5.74, 6) is 0.783. The first-order valence-corrected chi connectivity index (χ1v) is 10.1. The molecule has 8 heteroatoms. The van der Waals surface area contributed by atoms with Crippen LogP contribution in [0.3, 0.4) is 0 Å². The molecule has 0 unspecified atom stereocenters. The van der Waals surface area contributed by atoms with Crippen molar-refractivity contribution in [1.82, 2.24) is 9.88 Å². The molecule has 0 bridgehead atoms. The van der Waals surface area contributed by atoms with Crippen molar-refractivity contribution in [2.75, 3.05) is 38.2 Å². The number of rotatable bonds is 5. The summed E-state index contributed by atoms with van der Waals surface area (Å²) >= 11 is 0. The molecule has 4 rings (SSSR count). The summed E-state index contributed by atoms with van der Waals surface area (Å²) in [4.78, 5) is 20.4. The Morgan fingerprint density at radius 3 is 2.66 bits per heavy atom. The Bertz CT molecular complexity index is 1190. The highest BCUT2D eigenvalue weighted by Gasteiger charge is 2.26. The summed E-state index contributed by atoms with van der Waals surface area (Å²) in [7, 11) is 1.60. The molecule has 7 nitrogen and oxygen atoms in total. The molecule has 1 fully saturated rings. The van der Waals surface area contributed by atoms with Crippen LogP contribution in [0.5, 0.6) is 5.75 Å². The zero-order valence-electron chi connectivity index (χ0n) is 17.5. The van der Waals surface area contributed by atoms with Crippen LogP contribution in [0.15, 0.2) is 52.9 Å². The number of methoxy groups -OCH3 is 1. The van der Waals surface area contributed by atoms with Gasteiger partial charge in [0.1, 0.15) is 17.6 Å². The van der Waals surface area contributed by atoms with Gasteiger partial charge < -0.3 is 19.0 Å². The van der Waals surface area contributed by atoms with Crippen molar-refractivity contribution in [3.05, 3.63) is 77.1 Å². The first kappa shape index (κ1) is 21.1. The molecule has 0 saturated carbocycles. The number of anilines is 1. The second-order valence-electron chi connectivity index (χ2n) is 7.22. The Balaban J connectivity index is 1.44. The molecule has 32 heavy (non-hydrogen) atoms. The molecule has 3 aromatic rings. The number of halogens is 1. The number of hydrogen-bond donors (Lipinski definition) is 0. The van der Waals surface area contributed by atoms with Gasteiger partial charge in [-0.3, -0.25) is 4.79 Å². The van der Waals surface area contributed by atoms with Crippen LogP contribution in [0.4, 0.5) is 10.3 Å². The predicted octanol–water partition coefficient (Wildman–Crippen LogP) is 3.83. The average Bonchev–Trinajstić information content (AvgIpc) is 3.26. The fourth-order valence-electron chi connectivity index (χ4n) is 3.52. The Labute approximate surface area is 185 Å². The van der Waals surface area contributed by atoms with Gasteiger partial charge in [0.15, 0.2) is 0 Å². The summed E-state index contributed by atoms with van der Waals surface area (Å²) in [5, 5.41) is 9.49. The van der Waals surface area contributed by atoms with E-state index >= 15 is 0 Å². The van der Waals surface area contributed by atoms with Crippen molar-refractivity contribution in [1.29, 1.82) is 5.26 Å². The third-order valence-electron chi connectivity index (χ3n) is 5.17. The minimum absolute atomic E-state index is 0.195. The quantitative estimate of drug-likeness (QED) is 0.610. The first-order valence-electron chi connectivity index (χ1n) is 10.1. The molecule has 1 saturated heterocycles. The number of oxazole rings is 1. The molecule has 2 heterocycles. The molecule has 0 spiro atoms. The molecule has 0 aliphatic carbocycles. The zero-order valence-corrected chi connectivity index (χ0v) is 17.5. The molecule has 162 valence electrons. The number of aromatic nitrogens is 1. The maximum Gasteiger partial charge on any atom is 0.254 e. The van der Waals surface area contributed by atoms with Crippen LogP contribution in [0.1, 0.15) is 27.5 Å². The van der Waals surface area contributed by atoms with Crippen molar-refractivity contribution >= 4 is 23.9 Å². The van der Waals surface area contributed by atoms with Gasteiger partial charge >= 0.3 is 0 Å². The highest BCUT2D eigenvalue weighted by Crippen LogP contribution is 2.25. The minimum Gasteiger partial charge on any atom is -0.497 e.